The third kappa shape index (κ3) is 8.23. The maximum atomic E-state index is 14.9. The molecule has 1 saturated heterocycles. The molecule has 60 heavy (non-hydrogen) atoms. The smallest absolute Gasteiger partial charge is 0.262 e. The van der Waals surface area contributed by atoms with Crippen LogP contribution in [0.1, 0.15) is 72.3 Å². The minimum absolute atomic E-state index is 0.000746. The number of rotatable bonds is 15. The zero-order valence-electron chi connectivity index (χ0n) is 34.5. The molecule has 0 unspecified atom stereocenters. The molecule has 3 aromatic heterocycles. The lowest BCUT2D eigenvalue weighted by Crippen LogP contribution is -2.48. The highest BCUT2D eigenvalue weighted by Gasteiger charge is 2.61. The summed E-state index contributed by atoms with van der Waals surface area (Å²) >= 11 is 0. The lowest BCUT2D eigenvalue weighted by molar-refractivity contribution is -0.144. The fraction of sp³-hybridized carbons (Fsp3) is 0.444. The third-order valence-electron chi connectivity index (χ3n) is 11.8. The van der Waals surface area contributed by atoms with Crippen LogP contribution in [-0.4, -0.2) is 80.9 Å². The van der Waals surface area contributed by atoms with Gasteiger partial charge in [-0.15, -0.1) is 6.58 Å². The number of ketones is 1. The first-order chi connectivity index (χ1) is 28.6. The number of amides is 2. The number of benzene rings is 2. The standard InChI is InChI=1S/C45H50N6O8S/c1-7-29-20-45(29,43(54)50-60(55,56)32-16-17-32)21-36(52)35-19-31(24-51(35)42(53)34(44(4,5)6)18-27-22-46-25-47-23-27)58-41-39-38(33-10-8-9-11-37(33)59-39)48-40(49-41)28-12-14-30(15-13-28)57-26(2)3/h7-15,22-23,25-26,29,31-32,34-35H,1,16-21,24H2,2-6H3,(H,50,54)/t29-,31-,34-,35+,45-/m1/s1. The van der Waals surface area contributed by atoms with Crippen molar-refractivity contribution in [3.05, 3.63) is 85.5 Å². The summed E-state index contributed by atoms with van der Waals surface area (Å²) in [6, 6.07) is 14.0. The molecule has 2 aliphatic carbocycles. The van der Waals surface area contributed by atoms with E-state index in [1.165, 1.54) is 6.33 Å². The van der Waals surface area contributed by atoms with Gasteiger partial charge in [-0.3, -0.25) is 19.1 Å². The number of nitrogens with one attached hydrogen (secondary N) is 1. The van der Waals surface area contributed by atoms with Gasteiger partial charge in [0.05, 0.1) is 29.4 Å². The molecule has 314 valence electrons. The molecule has 3 fully saturated rings. The normalized spacial score (nSPS) is 22.2. The number of furan rings is 1. The van der Waals surface area contributed by atoms with Crippen LogP contribution in [-0.2, 0) is 30.8 Å². The number of aromatic nitrogens is 4. The Kier molecular flexibility index (Phi) is 10.8. The molecule has 3 aliphatic rings. The van der Waals surface area contributed by atoms with Crippen molar-refractivity contribution in [2.45, 2.75) is 96.6 Å². The first-order valence-corrected chi connectivity index (χ1v) is 22.0. The average molecular weight is 835 g/mol. The fourth-order valence-electron chi connectivity index (χ4n) is 8.26. The van der Waals surface area contributed by atoms with Crippen molar-refractivity contribution in [2.24, 2.45) is 22.7 Å². The van der Waals surface area contributed by atoms with Crippen LogP contribution in [0.15, 0.2) is 84.3 Å². The third-order valence-corrected chi connectivity index (χ3v) is 13.6. The maximum Gasteiger partial charge on any atom is 0.262 e. The van der Waals surface area contributed by atoms with Crippen LogP contribution in [0.4, 0.5) is 0 Å². The van der Waals surface area contributed by atoms with Crippen LogP contribution < -0.4 is 14.2 Å². The zero-order chi connectivity index (χ0) is 42.6. The van der Waals surface area contributed by atoms with Gasteiger partial charge >= 0.3 is 0 Å². The van der Waals surface area contributed by atoms with Crippen LogP contribution in [0.3, 0.4) is 0 Å². The molecule has 2 amide bonds. The van der Waals surface area contributed by atoms with E-state index >= 15 is 0 Å². The number of hydrogen-bond acceptors (Lipinski definition) is 12. The molecule has 0 spiro atoms. The van der Waals surface area contributed by atoms with Crippen LogP contribution in [0.5, 0.6) is 11.6 Å². The summed E-state index contributed by atoms with van der Waals surface area (Å²) < 4.78 is 46.9. The number of carbonyl (C=O) groups excluding carboxylic acids is 3. The zero-order valence-corrected chi connectivity index (χ0v) is 35.3. The number of ether oxygens (including phenoxy) is 2. The van der Waals surface area contributed by atoms with Gasteiger partial charge in [0.2, 0.25) is 27.4 Å². The Hall–Kier alpha value is -5.70. The van der Waals surface area contributed by atoms with E-state index in [0.29, 0.717) is 53.1 Å². The van der Waals surface area contributed by atoms with E-state index in [0.717, 1.165) is 10.9 Å². The lowest BCUT2D eigenvalue weighted by atomic mass is 9.76. The number of nitrogens with zero attached hydrogens (tertiary/aromatic N) is 5. The molecule has 1 N–H and O–H groups in total. The number of carbonyl (C=O) groups is 3. The molecule has 8 rings (SSSR count). The molecule has 0 bridgehead atoms. The van der Waals surface area contributed by atoms with Gasteiger partial charge in [0, 0.05) is 42.1 Å². The number of likely N-dealkylation sites (tertiary alicyclic amines) is 1. The van der Waals surface area contributed by atoms with Crippen LogP contribution in [0.25, 0.3) is 33.5 Å². The Balaban J connectivity index is 1.14. The average Bonchev–Trinajstić information content (AvgIpc) is 4.12. The SMILES string of the molecule is C=C[C@@H]1C[C@]1(CC(=O)[C@@H]1C[C@@H](Oc2nc(-c3ccc(OC(C)C)cc3)nc3c2oc2ccccc23)CN1C(=O)[C@@H](Cc1cncnc1)C(C)(C)C)C(=O)NS(=O)(=O)C1CC1. The fourth-order valence-corrected chi connectivity index (χ4v) is 9.65. The summed E-state index contributed by atoms with van der Waals surface area (Å²) in [7, 11) is -3.87. The van der Waals surface area contributed by atoms with Gasteiger partial charge in [0.25, 0.3) is 5.88 Å². The van der Waals surface area contributed by atoms with Gasteiger partial charge in [-0.25, -0.2) is 23.4 Å². The minimum Gasteiger partial charge on any atom is -0.491 e. The van der Waals surface area contributed by atoms with Crippen LogP contribution in [0, 0.1) is 22.7 Å². The Bertz CT molecular complexity index is 2570. The number of fused-ring (bicyclic) bond motifs is 3. The van der Waals surface area contributed by atoms with E-state index in [1.54, 1.807) is 23.4 Å². The predicted octanol–water partition coefficient (Wildman–Crippen LogP) is 6.63. The van der Waals surface area contributed by atoms with E-state index in [4.69, 9.17) is 23.9 Å². The first kappa shape index (κ1) is 41.1. The van der Waals surface area contributed by atoms with Gasteiger partial charge in [0.1, 0.15) is 29.3 Å². The Morgan fingerprint density at radius 1 is 1.05 bits per heavy atom. The summed E-state index contributed by atoms with van der Waals surface area (Å²) in [5, 5.41) is 0.155. The number of para-hydroxylation sites is 1. The van der Waals surface area contributed by atoms with Gasteiger partial charge in [0.15, 0.2) is 11.6 Å². The monoisotopic (exact) mass is 834 g/mol. The quantitative estimate of drug-likeness (QED) is 0.111. The van der Waals surface area contributed by atoms with Crippen molar-refractivity contribution in [3.8, 4) is 23.0 Å². The van der Waals surface area contributed by atoms with E-state index in [-0.39, 0.29) is 49.5 Å². The van der Waals surface area contributed by atoms with Gasteiger partial charge in [-0.05, 0) is 92.8 Å². The van der Waals surface area contributed by atoms with Gasteiger partial charge < -0.3 is 18.8 Å². The summed E-state index contributed by atoms with van der Waals surface area (Å²) in [5.41, 5.74) is 1.10. The van der Waals surface area contributed by atoms with Crippen molar-refractivity contribution >= 4 is 49.7 Å². The molecule has 1 aliphatic heterocycles. The van der Waals surface area contributed by atoms with Crippen molar-refractivity contribution < 1.29 is 36.7 Å². The molecule has 2 saturated carbocycles. The summed E-state index contributed by atoms with van der Waals surface area (Å²) in [6.07, 6.45) is 7.03. The van der Waals surface area contributed by atoms with Crippen LogP contribution in [0.2, 0.25) is 0 Å². The number of sulfonamides is 1. The van der Waals surface area contributed by atoms with E-state index < -0.39 is 56.0 Å². The van der Waals surface area contributed by atoms with Gasteiger partial charge in [-0.2, -0.15) is 4.98 Å². The largest absolute Gasteiger partial charge is 0.491 e. The highest BCUT2D eigenvalue weighted by atomic mass is 32.2. The molecule has 0 radical (unpaired) electrons. The van der Waals surface area contributed by atoms with Gasteiger partial charge in [-0.1, -0.05) is 39.0 Å². The van der Waals surface area contributed by atoms with E-state index in [9.17, 15) is 22.8 Å². The molecule has 5 aromatic rings. The number of Topliss-reactive ketones (excluding diaryl/α,β-unsaturated/α-hetero) is 1. The number of allylic oxidation sites excluding steroid dienone is 1. The second-order valence-corrected chi connectivity index (χ2v) is 19.7. The van der Waals surface area contributed by atoms with Crippen molar-refractivity contribution in [2.75, 3.05) is 6.54 Å². The van der Waals surface area contributed by atoms with E-state index in [2.05, 4.69) is 21.3 Å². The molecular formula is C45H50N6O8S. The van der Waals surface area contributed by atoms with Crippen LogP contribution >= 0.6 is 0 Å². The minimum atomic E-state index is -3.87. The number of hydrogen-bond donors (Lipinski definition) is 1. The Morgan fingerprint density at radius 2 is 1.77 bits per heavy atom. The summed E-state index contributed by atoms with van der Waals surface area (Å²) in [5.74, 6) is -1.08. The molecule has 4 heterocycles. The molecule has 2 aromatic carbocycles. The summed E-state index contributed by atoms with van der Waals surface area (Å²) in [4.78, 5) is 63.0. The highest BCUT2D eigenvalue weighted by molar-refractivity contribution is 7.90. The second kappa shape index (κ2) is 15.7. The lowest BCUT2D eigenvalue weighted by Gasteiger charge is -2.35. The molecule has 5 atom stereocenters. The van der Waals surface area contributed by atoms with Crippen molar-refractivity contribution in [3.63, 3.8) is 0 Å². The Labute approximate surface area is 349 Å². The first-order valence-electron chi connectivity index (χ1n) is 20.4. The summed E-state index contributed by atoms with van der Waals surface area (Å²) in [6.45, 7) is 13.7. The van der Waals surface area contributed by atoms with Crippen molar-refractivity contribution in [1.29, 1.82) is 0 Å². The van der Waals surface area contributed by atoms with E-state index in [1.807, 2.05) is 83.1 Å². The second-order valence-electron chi connectivity index (χ2n) is 17.7. The topological polar surface area (TPSA) is 184 Å². The highest BCUT2D eigenvalue weighted by Crippen LogP contribution is 2.57. The Morgan fingerprint density at radius 3 is 2.42 bits per heavy atom. The van der Waals surface area contributed by atoms with Crippen molar-refractivity contribution in [1.82, 2.24) is 29.6 Å². The molecular weight excluding hydrogens is 785 g/mol. The molecule has 14 nitrogen and oxygen atoms in total. The maximum absolute atomic E-state index is 14.9. The predicted molar refractivity (Wildman–Crippen MR) is 224 cm³/mol. The molecule has 15 heteroatoms.